The summed E-state index contributed by atoms with van der Waals surface area (Å²) in [5.74, 6) is -2.33. The van der Waals surface area contributed by atoms with Crippen LogP contribution in [0.15, 0.2) is 35.2 Å². The topological polar surface area (TPSA) is 121 Å². The summed E-state index contributed by atoms with van der Waals surface area (Å²) < 4.78 is 27.8. The molecule has 0 radical (unpaired) electrons. The molecule has 7 nitrogen and oxygen atoms in total. The molecule has 2 aromatic carbocycles. The molecule has 0 atom stereocenters. The Morgan fingerprint density at radius 1 is 0.880 bits per heavy atom. The van der Waals surface area contributed by atoms with Crippen LogP contribution in [-0.2, 0) is 10.0 Å². The molecular weight excluding hydrogens is 346 g/mol. The van der Waals surface area contributed by atoms with E-state index in [1.165, 1.54) is 24.3 Å². The van der Waals surface area contributed by atoms with Crippen LogP contribution in [0, 0.1) is 20.8 Å². The SMILES string of the molecule is Cc1cc(C(=O)O)ccc1NS(=O)(=O)c1cc(C(=O)O)cc(C)c1C. The van der Waals surface area contributed by atoms with Crippen molar-refractivity contribution in [2.24, 2.45) is 0 Å². The van der Waals surface area contributed by atoms with Crippen LogP contribution in [0.25, 0.3) is 0 Å². The van der Waals surface area contributed by atoms with Crippen LogP contribution < -0.4 is 4.72 Å². The molecule has 0 saturated heterocycles. The maximum atomic E-state index is 12.7. The van der Waals surface area contributed by atoms with Gasteiger partial charge in [0.2, 0.25) is 0 Å². The highest BCUT2D eigenvalue weighted by atomic mass is 32.2. The monoisotopic (exact) mass is 363 g/mol. The van der Waals surface area contributed by atoms with Gasteiger partial charge >= 0.3 is 11.9 Å². The van der Waals surface area contributed by atoms with Crippen molar-refractivity contribution in [3.8, 4) is 0 Å². The Balaban J connectivity index is 2.50. The second-order valence-corrected chi connectivity index (χ2v) is 7.31. The summed E-state index contributed by atoms with van der Waals surface area (Å²) in [6, 6.07) is 6.52. The molecule has 0 heterocycles. The van der Waals surface area contributed by atoms with Gasteiger partial charge in [0.05, 0.1) is 21.7 Å². The number of carbonyl (C=O) groups is 2. The summed E-state index contributed by atoms with van der Waals surface area (Å²) in [7, 11) is -4.04. The number of nitrogens with one attached hydrogen (secondary N) is 1. The van der Waals surface area contributed by atoms with E-state index < -0.39 is 22.0 Å². The Labute approximate surface area is 145 Å². The van der Waals surface area contributed by atoms with Crippen LogP contribution in [0.2, 0.25) is 0 Å². The number of rotatable bonds is 5. The van der Waals surface area contributed by atoms with Crippen molar-refractivity contribution in [1.82, 2.24) is 0 Å². The number of anilines is 1. The molecule has 0 aromatic heterocycles. The standard InChI is InChI=1S/C17H17NO6S/c1-9-6-13(17(21)22)8-15(11(9)3)25(23,24)18-14-5-4-12(16(19)20)7-10(14)2/h4-8,18H,1-3H3,(H,19,20)(H,21,22). The Bertz CT molecular complexity index is 979. The van der Waals surface area contributed by atoms with E-state index in [1.54, 1.807) is 20.8 Å². The van der Waals surface area contributed by atoms with Crippen LogP contribution in [0.5, 0.6) is 0 Å². The van der Waals surface area contributed by atoms with Crippen LogP contribution in [0.3, 0.4) is 0 Å². The zero-order chi connectivity index (χ0) is 18.9. The van der Waals surface area contributed by atoms with Crippen molar-refractivity contribution in [2.75, 3.05) is 4.72 Å². The van der Waals surface area contributed by atoms with Crippen molar-refractivity contribution in [1.29, 1.82) is 0 Å². The minimum Gasteiger partial charge on any atom is -0.478 e. The Morgan fingerprint density at radius 3 is 1.96 bits per heavy atom. The van der Waals surface area contributed by atoms with E-state index in [0.29, 0.717) is 16.7 Å². The van der Waals surface area contributed by atoms with Crippen molar-refractivity contribution >= 4 is 27.6 Å². The van der Waals surface area contributed by atoms with Gasteiger partial charge in [-0.25, -0.2) is 18.0 Å². The first-order valence-corrected chi connectivity index (χ1v) is 8.72. The first-order chi connectivity index (χ1) is 11.5. The highest BCUT2D eigenvalue weighted by Gasteiger charge is 2.21. The molecule has 2 aromatic rings. The zero-order valence-corrected chi connectivity index (χ0v) is 14.6. The highest BCUT2D eigenvalue weighted by molar-refractivity contribution is 7.92. The van der Waals surface area contributed by atoms with Gasteiger partial charge in [-0.1, -0.05) is 0 Å². The zero-order valence-electron chi connectivity index (χ0n) is 13.8. The third-order valence-corrected chi connectivity index (χ3v) is 5.37. The first kappa shape index (κ1) is 18.5. The molecule has 0 bridgehead atoms. The summed E-state index contributed by atoms with van der Waals surface area (Å²) in [6.07, 6.45) is 0. The van der Waals surface area contributed by atoms with Crippen molar-refractivity contribution in [2.45, 2.75) is 25.7 Å². The van der Waals surface area contributed by atoms with Gasteiger partial charge in [0.15, 0.2) is 0 Å². The number of carboxylic acid groups (broad SMARTS) is 2. The van der Waals surface area contributed by atoms with Gasteiger partial charge in [0.1, 0.15) is 0 Å². The fraction of sp³-hybridized carbons (Fsp3) is 0.176. The van der Waals surface area contributed by atoms with Crippen molar-refractivity contribution < 1.29 is 28.2 Å². The van der Waals surface area contributed by atoms with Crippen LogP contribution in [-0.4, -0.2) is 30.6 Å². The van der Waals surface area contributed by atoms with Gasteiger partial charge in [0.25, 0.3) is 10.0 Å². The lowest BCUT2D eigenvalue weighted by molar-refractivity contribution is 0.0686. The van der Waals surface area contributed by atoms with Gasteiger partial charge in [-0.2, -0.15) is 0 Å². The average molecular weight is 363 g/mol. The third kappa shape index (κ3) is 3.80. The molecule has 25 heavy (non-hydrogen) atoms. The number of aryl methyl sites for hydroxylation is 2. The third-order valence-electron chi connectivity index (χ3n) is 3.87. The predicted molar refractivity (Wildman–Crippen MR) is 91.8 cm³/mol. The average Bonchev–Trinajstić information content (AvgIpc) is 2.51. The van der Waals surface area contributed by atoms with E-state index in [-0.39, 0.29) is 21.7 Å². The molecular formula is C17H17NO6S. The van der Waals surface area contributed by atoms with E-state index >= 15 is 0 Å². The molecule has 0 aliphatic heterocycles. The largest absolute Gasteiger partial charge is 0.478 e. The normalized spacial score (nSPS) is 11.2. The maximum absolute atomic E-state index is 12.7. The quantitative estimate of drug-likeness (QED) is 0.751. The minimum atomic E-state index is -4.04. The summed E-state index contributed by atoms with van der Waals surface area (Å²) in [4.78, 5) is 22.0. The second kappa shape index (κ2) is 6.56. The molecule has 2 rings (SSSR count). The fourth-order valence-corrected chi connectivity index (χ4v) is 3.82. The number of benzene rings is 2. The van der Waals surface area contributed by atoms with Gasteiger partial charge in [-0.15, -0.1) is 0 Å². The van der Waals surface area contributed by atoms with Gasteiger partial charge in [-0.05, 0) is 67.8 Å². The van der Waals surface area contributed by atoms with Crippen LogP contribution in [0.4, 0.5) is 5.69 Å². The van der Waals surface area contributed by atoms with E-state index in [9.17, 15) is 18.0 Å². The Hall–Kier alpha value is -2.87. The lowest BCUT2D eigenvalue weighted by atomic mass is 10.1. The number of hydrogen-bond acceptors (Lipinski definition) is 4. The molecule has 0 fully saturated rings. The van der Waals surface area contributed by atoms with Gasteiger partial charge < -0.3 is 10.2 Å². The van der Waals surface area contributed by atoms with E-state index in [1.807, 2.05) is 0 Å². The van der Waals surface area contributed by atoms with Crippen LogP contribution in [0.1, 0.15) is 37.4 Å². The molecule has 132 valence electrons. The van der Waals surface area contributed by atoms with E-state index in [4.69, 9.17) is 10.2 Å². The van der Waals surface area contributed by atoms with Gasteiger partial charge in [-0.3, -0.25) is 4.72 Å². The number of carboxylic acids is 2. The van der Waals surface area contributed by atoms with Gasteiger partial charge in [0, 0.05) is 0 Å². The second-order valence-electron chi connectivity index (χ2n) is 5.66. The highest BCUT2D eigenvalue weighted by Crippen LogP contribution is 2.25. The first-order valence-electron chi connectivity index (χ1n) is 7.24. The molecule has 8 heteroatoms. The molecule has 0 aliphatic carbocycles. The lowest BCUT2D eigenvalue weighted by Gasteiger charge is -2.15. The van der Waals surface area contributed by atoms with Crippen LogP contribution >= 0.6 is 0 Å². The molecule has 3 N–H and O–H groups in total. The summed E-state index contributed by atoms with van der Waals surface area (Å²) in [5, 5.41) is 18.1. The number of sulfonamides is 1. The molecule has 0 spiro atoms. The minimum absolute atomic E-state index is 0.0420. The molecule has 0 amide bonds. The van der Waals surface area contributed by atoms with Crippen molar-refractivity contribution in [3.05, 3.63) is 58.1 Å². The Kier molecular flexibility index (Phi) is 4.85. The molecule has 0 saturated carbocycles. The van der Waals surface area contributed by atoms with E-state index in [2.05, 4.69) is 4.72 Å². The maximum Gasteiger partial charge on any atom is 0.335 e. The summed E-state index contributed by atoms with van der Waals surface area (Å²) >= 11 is 0. The summed E-state index contributed by atoms with van der Waals surface area (Å²) in [5.41, 5.74) is 1.56. The predicted octanol–water partition coefficient (Wildman–Crippen LogP) is 2.81. The fourth-order valence-electron chi connectivity index (χ4n) is 2.34. The Morgan fingerprint density at radius 2 is 1.44 bits per heavy atom. The molecule has 0 aliphatic rings. The smallest absolute Gasteiger partial charge is 0.335 e. The number of hydrogen-bond donors (Lipinski definition) is 3. The van der Waals surface area contributed by atoms with Crippen molar-refractivity contribution in [3.63, 3.8) is 0 Å². The summed E-state index contributed by atoms with van der Waals surface area (Å²) in [6.45, 7) is 4.81. The number of aromatic carboxylic acids is 2. The van der Waals surface area contributed by atoms with E-state index in [0.717, 1.165) is 6.07 Å². The molecule has 0 unspecified atom stereocenters. The lowest BCUT2D eigenvalue weighted by Crippen LogP contribution is -2.17.